The van der Waals surface area contributed by atoms with E-state index in [1.807, 2.05) is 24.3 Å². The Labute approximate surface area is 98.8 Å². The highest BCUT2D eigenvalue weighted by Gasteiger charge is 2.29. The summed E-state index contributed by atoms with van der Waals surface area (Å²) in [5.41, 5.74) is 0.819. The highest BCUT2D eigenvalue weighted by atomic mass is 32.2. The van der Waals surface area contributed by atoms with Gasteiger partial charge in [-0.2, -0.15) is 5.26 Å². The fraction of sp³-hybridized carbons (Fsp3) is 0.333. The van der Waals surface area contributed by atoms with Crippen molar-refractivity contribution < 1.29 is 4.79 Å². The van der Waals surface area contributed by atoms with Crippen molar-refractivity contribution in [1.82, 2.24) is 0 Å². The van der Waals surface area contributed by atoms with Crippen LogP contribution < -0.4 is 5.32 Å². The van der Waals surface area contributed by atoms with Gasteiger partial charge in [0.2, 0.25) is 5.91 Å². The topological polar surface area (TPSA) is 52.9 Å². The molecule has 1 aliphatic rings. The number of hydrogen-bond acceptors (Lipinski definition) is 3. The smallest absolute Gasteiger partial charge is 0.227 e. The maximum absolute atomic E-state index is 11.5. The molecule has 0 radical (unpaired) electrons. The van der Waals surface area contributed by atoms with Crippen molar-refractivity contribution in [2.75, 3.05) is 11.1 Å². The van der Waals surface area contributed by atoms with Gasteiger partial charge in [0.1, 0.15) is 0 Å². The molecular formula is C12H12N2OS. The number of nitrogens with zero attached hydrogens (tertiary/aromatic N) is 1. The molecule has 4 heteroatoms. The average Bonchev–Trinajstić information content (AvgIpc) is 3.10. The minimum atomic E-state index is 0.113. The molecule has 0 saturated heterocycles. The van der Waals surface area contributed by atoms with E-state index in [9.17, 15) is 4.79 Å². The summed E-state index contributed by atoms with van der Waals surface area (Å²) in [6.45, 7) is 0. The first-order valence-corrected chi connectivity index (χ1v) is 6.19. The van der Waals surface area contributed by atoms with Gasteiger partial charge in [-0.25, -0.2) is 0 Å². The van der Waals surface area contributed by atoms with E-state index in [2.05, 4.69) is 11.4 Å². The summed E-state index contributed by atoms with van der Waals surface area (Å²) in [5, 5.41) is 11.4. The zero-order chi connectivity index (χ0) is 11.4. The zero-order valence-electron chi connectivity index (χ0n) is 8.77. The van der Waals surface area contributed by atoms with Crippen LogP contribution in [0.15, 0.2) is 29.2 Å². The Hall–Kier alpha value is -1.47. The van der Waals surface area contributed by atoms with Crippen molar-refractivity contribution >= 4 is 23.4 Å². The van der Waals surface area contributed by atoms with E-state index in [1.165, 1.54) is 11.8 Å². The Morgan fingerprint density at radius 1 is 1.56 bits per heavy atom. The van der Waals surface area contributed by atoms with Gasteiger partial charge in [-0.1, -0.05) is 6.07 Å². The summed E-state index contributed by atoms with van der Waals surface area (Å²) in [4.78, 5) is 12.5. The largest absolute Gasteiger partial charge is 0.326 e. The second kappa shape index (κ2) is 5.04. The van der Waals surface area contributed by atoms with E-state index in [-0.39, 0.29) is 11.8 Å². The molecule has 1 fully saturated rings. The first-order valence-electron chi connectivity index (χ1n) is 5.20. The standard InChI is InChI=1S/C12H12N2OS/c13-6-7-16-11-3-1-2-10(8-11)14-12(15)9-4-5-9/h1-3,8-9H,4-5,7H2,(H,14,15). The highest BCUT2D eigenvalue weighted by Crippen LogP contribution is 2.30. The Morgan fingerprint density at radius 2 is 2.38 bits per heavy atom. The number of carbonyl (C=O) groups excluding carboxylic acids is 1. The lowest BCUT2D eigenvalue weighted by molar-refractivity contribution is -0.117. The van der Waals surface area contributed by atoms with Crippen LogP contribution in [-0.2, 0) is 4.79 Å². The van der Waals surface area contributed by atoms with Crippen LogP contribution in [0.5, 0.6) is 0 Å². The maximum Gasteiger partial charge on any atom is 0.227 e. The van der Waals surface area contributed by atoms with Gasteiger partial charge in [0.15, 0.2) is 0 Å². The maximum atomic E-state index is 11.5. The number of hydrogen-bond donors (Lipinski definition) is 1. The molecule has 1 aliphatic carbocycles. The monoisotopic (exact) mass is 232 g/mol. The molecule has 0 heterocycles. The second-order valence-corrected chi connectivity index (χ2v) is 4.79. The van der Waals surface area contributed by atoms with Crippen LogP contribution in [0.25, 0.3) is 0 Å². The number of amides is 1. The second-order valence-electron chi connectivity index (χ2n) is 3.74. The molecule has 16 heavy (non-hydrogen) atoms. The lowest BCUT2D eigenvalue weighted by Gasteiger charge is -2.05. The molecule has 1 N–H and O–H groups in total. The summed E-state index contributed by atoms with van der Waals surface area (Å²) < 4.78 is 0. The fourth-order valence-corrected chi connectivity index (χ4v) is 1.99. The molecule has 0 aromatic heterocycles. The highest BCUT2D eigenvalue weighted by molar-refractivity contribution is 7.99. The van der Waals surface area contributed by atoms with Crippen LogP contribution in [0.3, 0.4) is 0 Å². The molecule has 1 aromatic carbocycles. The predicted octanol–water partition coefficient (Wildman–Crippen LogP) is 2.65. The lowest BCUT2D eigenvalue weighted by Crippen LogP contribution is -2.13. The quantitative estimate of drug-likeness (QED) is 0.812. The SMILES string of the molecule is N#CCSc1cccc(NC(=O)C2CC2)c1. The Bertz CT molecular complexity index is 435. The molecule has 1 saturated carbocycles. The van der Waals surface area contributed by atoms with E-state index in [4.69, 9.17) is 5.26 Å². The summed E-state index contributed by atoms with van der Waals surface area (Å²) in [6, 6.07) is 9.69. The van der Waals surface area contributed by atoms with E-state index >= 15 is 0 Å². The van der Waals surface area contributed by atoms with Crippen LogP contribution in [-0.4, -0.2) is 11.7 Å². The molecule has 2 rings (SSSR count). The van der Waals surface area contributed by atoms with E-state index < -0.39 is 0 Å². The van der Waals surface area contributed by atoms with Gasteiger partial charge < -0.3 is 5.32 Å². The first kappa shape index (κ1) is 11.0. The molecule has 0 atom stereocenters. The van der Waals surface area contributed by atoms with Gasteiger partial charge in [0.25, 0.3) is 0 Å². The van der Waals surface area contributed by atoms with Crippen LogP contribution in [0, 0.1) is 17.2 Å². The van der Waals surface area contributed by atoms with Gasteiger partial charge in [-0.05, 0) is 31.0 Å². The van der Waals surface area contributed by atoms with Crippen molar-refractivity contribution in [1.29, 1.82) is 5.26 Å². The Morgan fingerprint density at radius 3 is 3.06 bits per heavy atom. The molecule has 1 amide bonds. The van der Waals surface area contributed by atoms with Crippen molar-refractivity contribution in [3.05, 3.63) is 24.3 Å². The normalized spacial score (nSPS) is 14.2. The molecule has 0 spiro atoms. The minimum Gasteiger partial charge on any atom is -0.326 e. The van der Waals surface area contributed by atoms with E-state index in [0.717, 1.165) is 23.4 Å². The lowest BCUT2D eigenvalue weighted by atomic mass is 10.3. The molecule has 0 aliphatic heterocycles. The summed E-state index contributed by atoms with van der Waals surface area (Å²) in [6.07, 6.45) is 2.02. The van der Waals surface area contributed by atoms with E-state index in [0.29, 0.717) is 5.75 Å². The number of nitriles is 1. The molecular weight excluding hydrogens is 220 g/mol. The fourth-order valence-electron chi connectivity index (χ4n) is 1.37. The van der Waals surface area contributed by atoms with Gasteiger partial charge in [-0.15, -0.1) is 11.8 Å². The molecule has 1 aromatic rings. The van der Waals surface area contributed by atoms with Gasteiger partial charge in [-0.3, -0.25) is 4.79 Å². The number of carbonyl (C=O) groups is 1. The minimum absolute atomic E-state index is 0.113. The summed E-state index contributed by atoms with van der Waals surface area (Å²) in [5.74, 6) is 0.762. The third-order valence-corrected chi connectivity index (χ3v) is 3.21. The first-order chi connectivity index (χ1) is 7.79. The average molecular weight is 232 g/mol. The van der Waals surface area contributed by atoms with Crippen molar-refractivity contribution in [2.45, 2.75) is 17.7 Å². The third kappa shape index (κ3) is 3.01. The number of benzene rings is 1. The van der Waals surface area contributed by atoms with Gasteiger partial charge in [0.05, 0.1) is 11.8 Å². The molecule has 0 bridgehead atoms. The van der Waals surface area contributed by atoms with E-state index in [1.54, 1.807) is 0 Å². The van der Waals surface area contributed by atoms with Crippen molar-refractivity contribution in [3.8, 4) is 6.07 Å². The van der Waals surface area contributed by atoms with Crippen LogP contribution in [0.2, 0.25) is 0 Å². The third-order valence-electron chi connectivity index (χ3n) is 2.35. The van der Waals surface area contributed by atoms with Crippen LogP contribution in [0.4, 0.5) is 5.69 Å². The summed E-state index contributed by atoms with van der Waals surface area (Å²) >= 11 is 1.47. The number of rotatable bonds is 4. The van der Waals surface area contributed by atoms with Crippen molar-refractivity contribution in [2.24, 2.45) is 5.92 Å². The molecule has 82 valence electrons. The van der Waals surface area contributed by atoms with Crippen LogP contribution >= 0.6 is 11.8 Å². The van der Waals surface area contributed by atoms with Crippen LogP contribution in [0.1, 0.15) is 12.8 Å². The van der Waals surface area contributed by atoms with Gasteiger partial charge >= 0.3 is 0 Å². The van der Waals surface area contributed by atoms with Crippen molar-refractivity contribution in [3.63, 3.8) is 0 Å². The number of anilines is 1. The number of nitrogens with one attached hydrogen (secondary N) is 1. The zero-order valence-corrected chi connectivity index (χ0v) is 9.59. The Balaban J connectivity index is 1.98. The Kier molecular flexibility index (Phi) is 3.47. The predicted molar refractivity (Wildman–Crippen MR) is 64.1 cm³/mol. The molecule has 0 unspecified atom stereocenters. The summed E-state index contributed by atoms with van der Waals surface area (Å²) in [7, 11) is 0. The molecule has 3 nitrogen and oxygen atoms in total. The number of thioether (sulfide) groups is 1. The van der Waals surface area contributed by atoms with Gasteiger partial charge in [0, 0.05) is 16.5 Å².